The van der Waals surface area contributed by atoms with E-state index < -0.39 is 5.91 Å². The van der Waals surface area contributed by atoms with Crippen LogP contribution in [0.4, 0.5) is 0 Å². The number of hydrazone groups is 1. The predicted molar refractivity (Wildman–Crippen MR) is 121 cm³/mol. The van der Waals surface area contributed by atoms with Gasteiger partial charge in [0.1, 0.15) is 17.9 Å². The van der Waals surface area contributed by atoms with Crippen LogP contribution in [0.15, 0.2) is 88.4 Å². The van der Waals surface area contributed by atoms with Crippen LogP contribution in [0.1, 0.15) is 21.7 Å². The Hall–Kier alpha value is -3.13. The molecule has 0 radical (unpaired) electrons. The van der Waals surface area contributed by atoms with E-state index in [9.17, 15) is 4.79 Å². The number of rotatable bonds is 6. The van der Waals surface area contributed by atoms with E-state index in [2.05, 4.69) is 33.1 Å². The minimum atomic E-state index is -0.394. The van der Waals surface area contributed by atoms with Crippen molar-refractivity contribution in [2.75, 3.05) is 0 Å². The lowest BCUT2D eigenvalue weighted by Crippen LogP contribution is -2.16. The number of benzene rings is 3. The van der Waals surface area contributed by atoms with Gasteiger partial charge < -0.3 is 9.15 Å². The highest BCUT2D eigenvalue weighted by molar-refractivity contribution is 14.1. The molecule has 6 heteroatoms. The second-order valence-electron chi connectivity index (χ2n) is 6.31. The molecular weight excluding hydrogens is 479 g/mol. The van der Waals surface area contributed by atoms with Gasteiger partial charge in [-0.1, -0.05) is 48.5 Å². The normalized spacial score (nSPS) is 11.1. The van der Waals surface area contributed by atoms with Gasteiger partial charge in [0.15, 0.2) is 5.76 Å². The van der Waals surface area contributed by atoms with Gasteiger partial charge in [-0.15, -0.1) is 0 Å². The van der Waals surface area contributed by atoms with E-state index in [1.807, 2.05) is 72.8 Å². The van der Waals surface area contributed by atoms with Crippen molar-refractivity contribution in [3.05, 3.63) is 99.3 Å². The van der Waals surface area contributed by atoms with Crippen LogP contribution in [-0.2, 0) is 6.61 Å². The van der Waals surface area contributed by atoms with Crippen LogP contribution in [0, 0.1) is 3.57 Å². The fourth-order valence-electron chi connectivity index (χ4n) is 2.76. The molecule has 1 amide bonds. The number of para-hydroxylation sites is 1. The van der Waals surface area contributed by atoms with Gasteiger partial charge in [-0.05, 0) is 64.0 Å². The molecule has 0 unspecified atom stereocenters. The predicted octanol–water partition coefficient (Wildman–Crippen LogP) is 5.38. The number of hydrogen-bond donors (Lipinski definition) is 1. The third kappa shape index (κ3) is 4.83. The van der Waals surface area contributed by atoms with E-state index in [1.54, 1.807) is 12.3 Å². The first-order valence-electron chi connectivity index (χ1n) is 8.97. The maximum Gasteiger partial charge on any atom is 0.307 e. The Balaban J connectivity index is 1.36. The van der Waals surface area contributed by atoms with Gasteiger partial charge >= 0.3 is 5.91 Å². The third-order valence-corrected chi connectivity index (χ3v) is 5.07. The first-order valence-corrected chi connectivity index (χ1v) is 10.1. The summed E-state index contributed by atoms with van der Waals surface area (Å²) in [7, 11) is 0. The number of carbonyl (C=O) groups is 1. The number of carbonyl (C=O) groups excluding carboxylic acids is 1. The van der Waals surface area contributed by atoms with Gasteiger partial charge in [0.25, 0.3) is 0 Å². The van der Waals surface area contributed by atoms with Crippen molar-refractivity contribution >= 4 is 45.7 Å². The SMILES string of the molecule is O=C(N/N=C/c1ccc(OCc2ccccc2)c(I)c1)c1cc2ccccc2o1. The molecule has 0 bridgehead atoms. The minimum absolute atomic E-state index is 0.225. The Kier molecular flexibility index (Phi) is 5.90. The van der Waals surface area contributed by atoms with Crippen molar-refractivity contribution in [3.63, 3.8) is 0 Å². The average Bonchev–Trinajstić information content (AvgIpc) is 3.18. The Bertz CT molecular complexity index is 1140. The number of ether oxygens (including phenoxy) is 1. The molecular formula is C23H17IN2O3. The second-order valence-corrected chi connectivity index (χ2v) is 7.47. The standard InChI is InChI=1S/C23H17IN2O3/c24-19-12-17(10-11-21(19)28-15-16-6-2-1-3-7-16)14-25-26-23(27)22-13-18-8-4-5-9-20(18)29-22/h1-14H,15H2,(H,26,27)/b25-14+. The molecule has 29 heavy (non-hydrogen) atoms. The first kappa shape index (κ1) is 19.2. The molecule has 5 nitrogen and oxygen atoms in total. The summed E-state index contributed by atoms with van der Waals surface area (Å²) in [4.78, 5) is 12.2. The summed E-state index contributed by atoms with van der Waals surface area (Å²) >= 11 is 2.22. The molecule has 0 saturated heterocycles. The molecule has 4 rings (SSSR count). The van der Waals surface area contributed by atoms with Crippen LogP contribution in [0.5, 0.6) is 5.75 Å². The maximum atomic E-state index is 12.2. The molecule has 0 atom stereocenters. The number of halogens is 1. The van der Waals surface area contributed by atoms with Crippen molar-refractivity contribution in [1.29, 1.82) is 0 Å². The van der Waals surface area contributed by atoms with Crippen LogP contribution in [-0.4, -0.2) is 12.1 Å². The summed E-state index contributed by atoms with van der Waals surface area (Å²) in [5, 5.41) is 4.90. The monoisotopic (exact) mass is 496 g/mol. The van der Waals surface area contributed by atoms with Gasteiger partial charge in [0.05, 0.1) is 9.78 Å². The highest BCUT2D eigenvalue weighted by atomic mass is 127. The largest absolute Gasteiger partial charge is 0.488 e. The zero-order valence-electron chi connectivity index (χ0n) is 15.3. The molecule has 0 aliphatic carbocycles. The highest BCUT2D eigenvalue weighted by Gasteiger charge is 2.11. The molecule has 144 valence electrons. The van der Waals surface area contributed by atoms with Crippen molar-refractivity contribution in [1.82, 2.24) is 5.43 Å². The molecule has 3 aromatic carbocycles. The van der Waals surface area contributed by atoms with E-state index in [-0.39, 0.29) is 5.76 Å². The molecule has 4 aromatic rings. The molecule has 0 fully saturated rings. The second kappa shape index (κ2) is 8.91. The fourth-order valence-corrected chi connectivity index (χ4v) is 3.46. The Labute approximate surface area is 181 Å². The zero-order chi connectivity index (χ0) is 20.1. The Morgan fingerprint density at radius 2 is 1.83 bits per heavy atom. The molecule has 0 spiro atoms. The van der Waals surface area contributed by atoms with Crippen LogP contribution in [0.25, 0.3) is 11.0 Å². The smallest absolute Gasteiger partial charge is 0.307 e. The lowest BCUT2D eigenvalue weighted by Gasteiger charge is -2.08. The van der Waals surface area contributed by atoms with Gasteiger partial charge in [-0.2, -0.15) is 5.10 Å². The summed E-state index contributed by atoms with van der Waals surface area (Å²) in [6.07, 6.45) is 1.59. The van der Waals surface area contributed by atoms with E-state index >= 15 is 0 Å². The number of hydrogen-bond acceptors (Lipinski definition) is 4. The summed E-state index contributed by atoms with van der Waals surface area (Å²) in [6, 6.07) is 24.9. The number of nitrogens with one attached hydrogen (secondary N) is 1. The van der Waals surface area contributed by atoms with Crippen LogP contribution >= 0.6 is 22.6 Å². The molecule has 0 aliphatic heterocycles. The maximum absolute atomic E-state index is 12.2. The molecule has 1 aromatic heterocycles. The lowest BCUT2D eigenvalue weighted by molar-refractivity contribution is 0.0929. The van der Waals surface area contributed by atoms with Crippen molar-refractivity contribution in [2.24, 2.45) is 5.10 Å². The lowest BCUT2D eigenvalue weighted by atomic mass is 10.2. The zero-order valence-corrected chi connectivity index (χ0v) is 17.5. The molecule has 0 saturated carbocycles. The number of nitrogens with zero attached hydrogens (tertiary/aromatic N) is 1. The highest BCUT2D eigenvalue weighted by Crippen LogP contribution is 2.23. The van der Waals surface area contributed by atoms with Crippen LogP contribution in [0.3, 0.4) is 0 Å². The fraction of sp³-hybridized carbons (Fsp3) is 0.0435. The summed E-state index contributed by atoms with van der Waals surface area (Å²) in [5.41, 5.74) is 5.13. The van der Waals surface area contributed by atoms with Crippen molar-refractivity contribution in [2.45, 2.75) is 6.61 Å². The van der Waals surface area contributed by atoms with E-state index in [1.165, 1.54) is 0 Å². The molecule has 0 aliphatic rings. The summed E-state index contributed by atoms with van der Waals surface area (Å²) in [5.74, 6) is 0.635. The summed E-state index contributed by atoms with van der Waals surface area (Å²) in [6.45, 7) is 0.512. The Morgan fingerprint density at radius 3 is 2.62 bits per heavy atom. The number of amides is 1. The van der Waals surface area contributed by atoms with E-state index in [4.69, 9.17) is 9.15 Å². The van der Waals surface area contributed by atoms with Crippen LogP contribution < -0.4 is 10.2 Å². The van der Waals surface area contributed by atoms with Gasteiger partial charge in [0.2, 0.25) is 0 Å². The van der Waals surface area contributed by atoms with Gasteiger partial charge in [0, 0.05) is 5.39 Å². The van der Waals surface area contributed by atoms with E-state index in [0.29, 0.717) is 12.2 Å². The molecule has 1 heterocycles. The topological polar surface area (TPSA) is 63.8 Å². The van der Waals surface area contributed by atoms with Crippen molar-refractivity contribution in [3.8, 4) is 5.75 Å². The molecule has 1 N–H and O–H groups in total. The number of furan rings is 1. The van der Waals surface area contributed by atoms with Gasteiger partial charge in [-0.3, -0.25) is 4.79 Å². The minimum Gasteiger partial charge on any atom is -0.488 e. The van der Waals surface area contributed by atoms with Gasteiger partial charge in [-0.25, -0.2) is 5.43 Å². The quantitative estimate of drug-likeness (QED) is 0.222. The average molecular weight is 496 g/mol. The van der Waals surface area contributed by atoms with E-state index in [0.717, 1.165) is 25.8 Å². The third-order valence-electron chi connectivity index (χ3n) is 4.22. The first-order chi connectivity index (χ1) is 14.2. The number of fused-ring (bicyclic) bond motifs is 1. The van der Waals surface area contributed by atoms with Crippen LogP contribution in [0.2, 0.25) is 0 Å². The summed E-state index contributed by atoms with van der Waals surface area (Å²) < 4.78 is 12.4. The Morgan fingerprint density at radius 1 is 1.03 bits per heavy atom. The van der Waals surface area contributed by atoms with Crippen molar-refractivity contribution < 1.29 is 13.9 Å².